The molecule has 572 valence electrons. The Morgan fingerprint density at radius 1 is 0.151 bits per heavy atom. The second-order valence-electron chi connectivity index (χ2n) is 29.1. The Morgan fingerprint density at radius 3 is 0.529 bits per heavy atom. The Kier molecular flexibility index (Phi) is 19.4. The molecule has 0 aliphatic carbocycles. The summed E-state index contributed by atoms with van der Waals surface area (Å²) in [4.78, 5) is 6.82. The zero-order valence-electron chi connectivity index (χ0n) is 63.2. The van der Waals surface area contributed by atoms with Gasteiger partial charge >= 0.3 is 0 Å². The van der Waals surface area contributed by atoms with Gasteiger partial charge in [0.2, 0.25) is 0 Å². The SMILES string of the molecule is Fc1cc(F)cc(N(c2c(F)cccc2-c2ccccc2)c2cc(N(c3cc(F)cc(F)c3)c3c(-c4ccccc4)cccc3-c3ccccc3)c3ccc4c(N(c5cc(F)cc(F)c5)c5c(-c6ccccc6)cccc5-c5ccccc5)cc(N(c5cc(F)cc(F)c5)c5c(-c6ccccc6)cccc5-c5ccccc5)c5ccc2c3c54)c1. The number of hydrogen-bond acceptors (Lipinski definition) is 4. The van der Waals surface area contributed by atoms with E-state index in [9.17, 15) is 0 Å². The fraction of sp³-hybridized carbons (Fsp3) is 0. The highest BCUT2D eigenvalue weighted by Gasteiger charge is 2.36. The van der Waals surface area contributed by atoms with Crippen LogP contribution in [0.2, 0.25) is 0 Å². The lowest BCUT2D eigenvalue weighted by atomic mass is 9.87. The lowest BCUT2D eigenvalue weighted by Crippen LogP contribution is -2.18. The average Bonchev–Trinajstić information content (AvgIpc) is 0.693. The van der Waals surface area contributed by atoms with Gasteiger partial charge < -0.3 is 19.6 Å². The van der Waals surface area contributed by atoms with Crippen LogP contribution in [0.5, 0.6) is 0 Å². The monoisotopic (exact) mass is 1560 g/mol. The topological polar surface area (TPSA) is 13.0 Å². The maximum atomic E-state index is 18.7. The minimum atomic E-state index is -1.02. The molecular formula is C106H65F9N4. The van der Waals surface area contributed by atoms with Gasteiger partial charge in [-0.2, -0.15) is 0 Å². The highest BCUT2D eigenvalue weighted by Crippen LogP contribution is 2.60. The standard InChI is InChI=1S/C106H65F9N4/c107-73-52-74(108)57-81(56-73)116(103-85(66-26-8-1-9-27-66)40-22-41-86(103)67-28-10-2-11-29-67)97-64-98(117(82-58-75(109)53-76(110)59-82)104-87(68-30-12-3-13-31-68)42-23-43-88(104)69-32-14-4-15-33-69)93-50-51-95-100(119(84-62-79(113)55-80(114)63-84)106-91(46-25-47-96(106)115)72-38-20-7-21-39-72)65-99(94-49-48-92(97)101(93)102(94)95)118(83-60-77(111)54-78(112)61-83)105-89(70-34-16-5-17-35-70)44-24-45-90(105)71-36-18-6-19-37-71/h1-65H. The van der Waals surface area contributed by atoms with Crippen LogP contribution in [0.1, 0.15) is 0 Å². The molecule has 0 bridgehead atoms. The van der Waals surface area contributed by atoms with Crippen molar-refractivity contribution in [2.24, 2.45) is 0 Å². The zero-order chi connectivity index (χ0) is 80.9. The van der Waals surface area contributed by atoms with Crippen LogP contribution in [0.4, 0.5) is 108 Å². The van der Waals surface area contributed by atoms with Gasteiger partial charge in [-0.1, -0.05) is 303 Å². The predicted octanol–water partition coefficient (Wildman–Crippen LogP) is 31.4. The minimum absolute atomic E-state index is 0.0130. The van der Waals surface area contributed by atoms with Gasteiger partial charge in [-0.25, -0.2) is 39.5 Å². The average molecular weight is 1570 g/mol. The Labute approximate surface area is 680 Å². The number of anilines is 12. The van der Waals surface area contributed by atoms with Crippen molar-refractivity contribution in [2.45, 2.75) is 0 Å². The van der Waals surface area contributed by atoms with E-state index in [0.29, 0.717) is 116 Å². The first-order valence-electron chi connectivity index (χ1n) is 38.6. The van der Waals surface area contributed by atoms with E-state index in [2.05, 4.69) is 0 Å². The molecule has 19 aromatic rings. The maximum absolute atomic E-state index is 18.7. The van der Waals surface area contributed by atoms with Crippen molar-refractivity contribution in [3.63, 3.8) is 0 Å². The van der Waals surface area contributed by atoms with Crippen molar-refractivity contribution >= 4 is 101 Å². The smallest absolute Gasteiger partial charge is 0.147 e. The van der Waals surface area contributed by atoms with Crippen LogP contribution in [-0.2, 0) is 0 Å². The van der Waals surface area contributed by atoms with Gasteiger partial charge in [0, 0.05) is 95.5 Å². The van der Waals surface area contributed by atoms with E-state index in [1.54, 1.807) is 63.2 Å². The van der Waals surface area contributed by atoms with Gasteiger partial charge in [-0.15, -0.1) is 0 Å². The van der Waals surface area contributed by atoms with Crippen molar-refractivity contribution in [3.8, 4) is 77.9 Å². The van der Waals surface area contributed by atoms with Crippen molar-refractivity contribution in [1.29, 1.82) is 0 Å². The van der Waals surface area contributed by atoms with E-state index < -0.39 is 52.4 Å². The van der Waals surface area contributed by atoms with Crippen LogP contribution in [0, 0.1) is 52.4 Å². The van der Waals surface area contributed by atoms with Crippen LogP contribution in [0.15, 0.2) is 394 Å². The lowest BCUT2D eigenvalue weighted by Gasteiger charge is -2.37. The second kappa shape index (κ2) is 31.2. The fourth-order valence-electron chi connectivity index (χ4n) is 16.9. The maximum Gasteiger partial charge on any atom is 0.147 e. The first-order valence-corrected chi connectivity index (χ1v) is 38.6. The van der Waals surface area contributed by atoms with E-state index in [4.69, 9.17) is 0 Å². The summed E-state index contributed by atoms with van der Waals surface area (Å²) in [5.74, 6) is -8.52. The number of benzene rings is 19. The molecule has 0 N–H and O–H groups in total. The fourth-order valence-corrected chi connectivity index (χ4v) is 16.9. The Balaban J connectivity index is 1.09. The van der Waals surface area contributed by atoms with Crippen molar-refractivity contribution in [2.75, 3.05) is 19.6 Å². The van der Waals surface area contributed by atoms with Crippen LogP contribution < -0.4 is 19.6 Å². The van der Waals surface area contributed by atoms with Gasteiger partial charge in [0.1, 0.15) is 52.4 Å². The van der Waals surface area contributed by atoms with Crippen LogP contribution >= 0.6 is 0 Å². The van der Waals surface area contributed by atoms with Gasteiger partial charge in [-0.05, 0) is 106 Å². The highest BCUT2D eigenvalue weighted by atomic mass is 19.2. The first kappa shape index (κ1) is 73.9. The molecular weight excluding hydrogens is 1500 g/mol. The van der Waals surface area contributed by atoms with Gasteiger partial charge in [0.25, 0.3) is 0 Å². The third-order valence-electron chi connectivity index (χ3n) is 21.8. The van der Waals surface area contributed by atoms with Gasteiger partial charge in [0.05, 0.1) is 68.2 Å². The molecule has 0 saturated heterocycles. The summed E-state index contributed by atoms with van der Waals surface area (Å²) < 4.78 is 156. The summed E-state index contributed by atoms with van der Waals surface area (Å²) in [6.45, 7) is 0. The summed E-state index contributed by atoms with van der Waals surface area (Å²) in [6, 6.07) is 111. The molecule has 0 atom stereocenters. The summed E-state index contributed by atoms with van der Waals surface area (Å²) in [5, 5.41) is 2.07. The molecule has 0 amide bonds. The van der Waals surface area contributed by atoms with Crippen molar-refractivity contribution < 1.29 is 39.5 Å². The van der Waals surface area contributed by atoms with Crippen molar-refractivity contribution in [1.82, 2.24) is 0 Å². The van der Waals surface area contributed by atoms with E-state index in [1.807, 2.05) is 267 Å². The largest absolute Gasteiger partial charge is 0.308 e. The zero-order valence-corrected chi connectivity index (χ0v) is 63.2. The predicted molar refractivity (Wildman–Crippen MR) is 467 cm³/mol. The molecule has 0 aliphatic heterocycles. The molecule has 0 aliphatic rings. The molecule has 0 unspecified atom stereocenters. The number of nitrogens with zero attached hydrogens (tertiary/aromatic N) is 4. The first-order chi connectivity index (χ1) is 58.2. The Hall–Kier alpha value is -15.2. The summed E-state index contributed by atoms with van der Waals surface area (Å²) in [5.41, 5.74) is 10.0. The second-order valence-corrected chi connectivity index (χ2v) is 29.1. The molecule has 19 rings (SSSR count). The van der Waals surface area contributed by atoms with Crippen molar-refractivity contribution in [3.05, 3.63) is 447 Å². The molecule has 0 heterocycles. The number of halogens is 9. The van der Waals surface area contributed by atoms with E-state index in [0.717, 1.165) is 36.4 Å². The third kappa shape index (κ3) is 13.8. The minimum Gasteiger partial charge on any atom is -0.308 e. The van der Waals surface area contributed by atoms with Gasteiger partial charge in [-0.3, -0.25) is 0 Å². The molecule has 0 radical (unpaired) electrons. The quantitative estimate of drug-likeness (QED) is 0.0591. The number of para-hydroxylation sites is 4. The van der Waals surface area contributed by atoms with E-state index in [1.165, 1.54) is 47.4 Å². The normalized spacial score (nSPS) is 11.4. The molecule has 19 aromatic carbocycles. The highest BCUT2D eigenvalue weighted by molar-refractivity contribution is 6.34. The molecule has 0 fully saturated rings. The van der Waals surface area contributed by atoms with E-state index >= 15 is 39.5 Å². The van der Waals surface area contributed by atoms with Crippen LogP contribution in [0.3, 0.4) is 0 Å². The summed E-state index contributed by atoms with van der Waals surface area (Å²) in [6.07, 6.45) is 0. The number of hydrogen-bond donors (Lipinski definition) is 0. The lowest BCUT2D eigenvalue weighted by molar-refractivity contribution is 0.582. The Morgan fingerprint density at radius 2 is 0.328 bits per heavy atom. The molecule has 4 nitrogen and oxygen atoms in total. The van der Waals surface area contributed by atoms with E-state index in [-0.39, 0.29) is 62.1 Å². The van der Waals surface area contributed by atoms with Crippen LogP contribution in [0.25, 0.3) is 110 Å². The third-order valence-corrected chi connectivity index (χ3v) is 21.8. The molecule has 0 aromatic heterocycles. The van der Waals surface area contributed by atoms with Crippen LogP contribution in [-0.4, -0.2) is 0 Å². The summed E-state index contributed by atoms with van der Waals surface area (Å²) in [7, 11) is 0. The molecule has 0 saturated carbocycles. The Bertz CT molecular complexity index is 6590. The molecule has 119 heavy (non-hydrogen) atoms. The number of rotatable bonds is 19. The molecule has 0 spiro atoms. The van der Waals surface area contributed by atoms with Gasteiger partial charge in [0.15, 0.2) is 0 Å². The molecule has 13 heteroatoms. The summed E-state index contributed by atoms with van der Waals surface area (Å²) >= 11 is 0.